The van der Waals surface area contributed by atoms with Gasteiger partial charge >= 0.3 is 0 Å². The minimum absolute atomic E-state index is 0.235. The summed E-state index contributed by atoms with van der Waals surface area (Å²) >= 11 is 0. The van der Waals surface area contributed by atoms with E-state index in [4.69, 9.17) is 9.47 Å². The van der Waals surface area contributed by atoms with E-state index >= 15 is 0 Å². The second-order valence-electron chi connectivity index (χ2n) is 15.2. The Hall–Kier alpha value is -6.26. The van der Waals surface area contributed by atoms with Gasteiger partial charge in [-0.2, -0.15) is 0 Å². The smallest absolute Gasteiger partial charge is 0.0644 e. The number of benzene rings is 7. The Kier molecular flexibility index (Phi) is 16.4. The van der Waals surface area contributed by atoms with Crippen molar-refractivity contribution in [2.24, 2.45) is 0 Å². The van der Waals surface area contributed by atoms with Gasteiger partial charge in [0, 0.05) is 16.8 Å². The number of hydrogen-bond acceptors (Lipinski definition) is 3. The number of nitrogens with zero attached hydrogens (tertiary/aromatic N) is 1. The monoisotopic (exact) mass is 789 g/mol. The molecule has 0 aliphatic heterocycles. The third-order valence-corrected chi connectivity index (χ3v) is 10.7. The Bertz CT molecular complexity index is 2460. The highest BCUT2D eigenvalue weighted by atomic mass is 16.5. The molecular formula is C57H59NO2. The normalized spacial score (nSPS) is 13.1. The standard InChI is InChI=1S/C34H33NO.C12H16O.C11H10/c1-3-24-36-25-23-27-13-19-31(20-14-27)35(34-10-6-8-30-7-4-5-9-33(30)34)32-21-17-29(18-22-32)28-15-11-26(2)12-16-28;1-3-9-13-10-8-12-6-4-11(2)5-7-12;1-9-5-4-7-10-6-2-3-8-11(9)10/h3-19,21-22,31H,1,20,23-25H2,2H3;3-7H,1,8-10H2,2H3;2-8H,1H3. The third-order valence-electron chi connectivity index (χ3n) is 10.7. The molecule has 0 aromatic heterocycles. The van der Waals surface area contributed by atoms with Gasteiger partial charge in [-0.25, -0.2) is 0 Å². The molecule has 7 aromatic rings. The van der Waals surface area contributed by atoms with Crippen molar-refractivity contribution in [1.29, 1.82) is 0 Å². The van der Waals surface area contributed by atoms with E-state index in [1.165, 1.54) is 71.9 Å². The minimum Gasteiger partial charge on any atom is -0.377 e. The fraction of sp³-hybridized carbons (Fsp3) is 0.193. The van der Waals surface area contributed by atoms with E-state index in [1.54, 1.807) is 12.2 Å². The number of anilines is 2. The van der Waals surface area contributed by atoms with Gasteiger partial charge in [0.1, 0.15) is 0 Å². The molecule has 3 heteroatoms. The summed E-state index contributed by atoms with van der Waals surface area (Å²) < 4.78 is 10.9. The Morgan fingerprint density at radius 1 is 0.567 bits per heavy atom. The molecule has 0 amide bonds. The predicted molar refractivity (Wildman–Crippen MR) is 259 cm³/mol. The molecule has 304 valence electrons. The Balaban J connectivity index is 0.000000203. The molecule has 0 N–H and O–H groups in total. The highest BCUT2D eigenvalue weighted by molar-refractivity contribution is 5.96. The van der Waals surface area contributed by atoms with Gasteiger partial charge in [0.05, 0.1) is 32.5 Å². The maximum Gasteiger partial charge on any atom is 0.0644 e. The zero-order chi connectivity index (χ0) is 41.9. The Morgan fingerprint density at radius 3 is 1.70 bits per heavy atom. The van der Waals surface area contributed by atoms with Crippen molar-refractivity contribution >= 4 is 32.9 Å². The van der Waals surface area contributed by atoms with Crippen LogP contribution in [0.15, 0.2) is 207 Å². The number of rotatable bonds is 14. The highest BCUT2D eigenvalue weighted by Gasteiger charge is 2.22. The lowest BCUT2D eigenvalue weighted by molar-refractivity contribution is 0.166. The SMILES string of the molecule is C=CCOCCC1=CCC(N(c2ccc(-c3ccc(C)cc3)cc2)c2cccc3ccccc23)C=C1.C=CCOCCc1ccc(C)cc1.Cc1cccc2ccccc12. The van der Waals surface area contributed by atoms with Gasteiger partial charge in [-0.3, -0.25) is 0 Å². The van der Waals surface area contributed by atoms with Gasteiger partial charge in [0.25, 0.3) is 0 Å². The van der Waals surface area contributed by atoms with Crippen LogP contribution in [0.25, 0.3) is 32.7 Å². The molecule has 1 unspecified atom stereocenters. The van der Waals surface area contributed by atoms with E-state index in [-0.39, 0.29) is 6.04 Å². The van der Waals surface area contributed by atoms with Gasteiger partial charge < -0.3 is 14.4 Å². The second-order valence-corrected chi connectivity index (χ2v) is 15.2. The topological polar surface area (TPSA) is 21.7 Å². The molecular weight excluding hydrogens is 731 g/mol. The molecule has 0 fully saturated rings. The number of hydrogen-bond donors (Lipinski definition) is 0. The quantitative estimate of drug-likeness (QED) is 0.0809. The Labute approximate surface area is 358 Å². The van der Waals surface area contributed by atoms with Crippen LogP contribution in [0.2, 0.25) is 0 Å². The lowest BCUT2D eigenvalue weighted by Crippen LogP contribution is -2.30. The van der Waals surface area contributed by atoms with Crippen LogP contribution in [0, 0.1) is 20.8 Å². The molecule has 1 aliphatic rings. The predicted octanol–water partition coefficient (Wildman–Crippen LogP) is 14.7. The van der Waals surface area contributed by atoms with E-state index in [0.29, 0.717) is 13.2 Å². The average Bonchev–Trinajstić information content (AvgIpc) is 3.29. The van der Waals surface area contributed by atoms with Gasteiger partial charge in [-0.15, -0.1) is 13.2 Å². The van der Waals surface area contributed by atoms with E-state index in [2.05, 4.69) is 215 Å². The molecule has 0 saturated heterocycles. The van der Waals surface area contributed by atoms with Crippen LogP contribution in [0.1, 0.15) is 35.1 Å². The van der Waals surface area contributed by atoms with Crippen molar-refractivity contribution in [1.82, 2.24) is 0 Å². The van der Waals surface area contributed by atoms with Crippen molar-refractivity contribution in [3.63, 3.8) is 0 Å². The van der Waals surface area contributed by atoms with E-state index in [0.717, 1.165) is 32.5 Å². The van der Waals surface area contributed by atoms with Crippen molar-refractivity contribution in [2.75, 3.05) is 31.3 Å². The molecule has 8 rings (SSSR count). The summed E-state index contributed by atoms with van der Waals surface area (Å²) in [6.45, 7) is 16.4. The zero-order valence-electron chi connectivity index (χ0n) is 35.6. The molecule has 1 atom stereocenters. The summed E-state index contributed by atoms with van der Waals surface area (Å²) in [4.78, 5) is 2.49. The van der Waals surface area contributed by atoms with Crippen LogP contribution in [-0.2, 0) is 15.9 Å². The van der Waals surface area contributed by atoms with E-state index in [9.17, 15) is 0 Å². The molecule has 0 saturated carbocycles. The highest BCUT2D eigenvalue weighted by Crippen LogP contribution is 2.37. The molecule has 1 aliphatic carbocycles. The van der Waals surface area contributed by atoms with Crippen LogP contribution in [0.5, 0.6) is 0 Å². The second kappa shape index (κ2) is 22.8. The molecule has 7 aromatic carbocycles. The first-order valence-electron chi connectivity index (χ1n) is 21.1. The van der Waals surface area contributed by atoms with Crippen LogP contribution in [-0.4, -0.2) is 32.5 Å². The van der Waals surface area contributed by atoms with Gasteiger partial charge in [0.2, 0.25) is 0 Å². The van der Waals surface area contributed by atoms with Crippen LogP contribution >= 0.6 is 0 Å². The molecule has 0 spiro atoms. The largest absolute Gasteiger partial charge is 0.377 e. The number of aryl methyl sites for hydroxylation is 3. The first-order chi connectivity index (χ1) is 29.4. The molecule has 0 heterocycles. The number of allylic oxidation sites excluding steroid dienone is 1. The number of fused-ring (bicyclic) bond motifs is 2. The maximum atomic E-state index is 5.60. The minimum atomic E-state index is 0.235. The van der Waals surface area contributed by atoms with Crippen LogP contribution in [0.3, 0.4) is 0 Å². The zero-order valence-corrected chi connectivity index (χ0v) is 35.6. The lowest BCUT2D eigenvalue weighted by Gasteiger charge is -2.34. The summed E-state index contributed by atoms with van der Waals surface area (Å²) in [5.41, 5.74) is 11.5. The number of ether oxygens (including phenoxy) is 2. The van der Waals surface area contributed by atoms with Crippen molar-refractivity contribution < 1.29 is 9.47 Å². The van der Waals surface area contributed by atoms with Crippen molar-refractivity contribution in [3.8, 4) is 11.1 Å². The summed E-state index contributed by atoms with van der Waals surface area (Å²) in [6, 6.07) is 56.6. The van der Waals surface area contributed by atoms with Crippen molar-refractivity contribution in [3.05, 3.63) is 229 Å². The van der Waals surface area contributed by atoms with Gasteiger partial charge in [-0.1, -0.05) is 181 Å². The van der Waals surface area contributed by atoms with Crippen LogP contribution < -0.4 is 4.90 Å². The summed E-state index contributed by atoms with van der Waals surface area (Å²) in [7, 11) is 0. The Morgan fingerprint density at radius 2 is 1.10 bits per heavy atom. The lowest BCUT2D eigenvalue weighted by atomic mass is 9.97. The summed E-state index contributed by atoms with van der Waals surface area (Å²) in [5.74, 6) is 0. The third kappa shape index (κ3) is 12.4. The average molecular weight is 790 g/mol. The summed E-state index contributed by atoms with van der Waals surface area (Å²) in [5, 5.41) is 5.21. The van der Waals surface area contributed by atoms with E-state index < -0.39 is 0 Å². The van der Waals surface area contributed by atoms with Crippen LogP contribution in [0.4, 0.5) is 11.4 Å². The fourth-order valence-corrected chi connectivity index (χ4v) is 7.37. The van der Waals surface area contributed by atoms with Gasteiger partial charge in [0.15, 0.2) is 0 Å². The molecule has 3 nitrogen and oxygen atoms in total. The maximum absolute atomic E-state index is 5.60. The van der Waals surface area contributed by atoms with Gasteiger partial charge in [-0.05, 0) is 102 Å². The fourth-order valence-electron chi connectivity index (χ4n) is 7.37. The molecule has 0 bridgehead atoms. The first kappa shape index (κ1) is 43.3. The van der Waals surface area contributed by atoms with E-state index in [1.807, 2.05) is 0 Å². The molecule has 0 radical (unpaired) electrons. The summed E-state index contributed by atoms with van der Waals surface area (Å²) in [6.07, 6.45) is 13.4. The van der Waals surface area contributed by atoms with Crippen molar-refractivity contribution in [2.45, 2.75) is 46.1 Å². The molecule has 60 heavy (non-hydrogen) atoms. The first-order valence-corrected chi connectivity index (χ1v) is 21.1.